The molecule has 3 rings (SSSR count). The molecule has 2 heterocycles. The van der Waals surface area contributed by atoms with Gasteiger partial charge in [0.25, 0.3) is 0 Å². The lowest BCUT2D eigenvalue weighted by Crippen LogP contribution is -2.12. The summed E-state index contributed by atoms with van der Waals surface area (Å²) in [6.07, 6.45) is 8.12. The molecule has 0 saturated heterocycles. The van der Waals surface area contributed by atoms with E-state index >= 15 is 0 Å². The summed E-state index contributed by atoms with van der Waals surface area (Å²) < 4.78 is 7.15. The quantitative estimate of drug-likeness (QED) is 0.768. The zero-order valence-electron chi connectivity index (χ0n) is 10.8. The minimum Gasteiger partial charge on any atom is -0.461 e. The molecule has 0 unspecified atom stereocenters. The predicted molar refractivity (Wildman–Crippen MR) is 76.1 cm³/mol. The largest absolute Gasteiger partial charge is 0.461 e. The molecule has 0 radical (unpaired) electrons. The summed E-state index contributed by atoms with van der Waals surface area (Å²) in [6.45, 7) is 2.89. The Morgan fingerprint density at radius 1 is 1.37 bits per heavy atom. The molecular weight excluding hydrogens is 238 g/mol. The van der Waals surface area contributed by atoms with E-state index in [4.69, 9.17) is 4.74 Å². The van der Waals surface area contributed by atoms with Gasteiger partial charge in [0.05, 0.1) is 12.1 Å². The maximum Gasteiger partial charge on any atom is 0.354 e. The van der Waals surface area contributed by atoms with Crippen molar-refractivity contribution < 1.29 is 9.53 Å². The standard InChI is InChI=1S/C16H15NO2/c1-2-19-16(18)14-11-13-9-6-8-12-7-4-3-5-10-17(14)15(12)13/h3-9,11H,2,10H2,1H3/b5-3-,7-4-. The number of ether oxygens (including phenoxy) is 1. The van der Waals surface area contributed by atoms with Crippen molar-refractivity contribution in [2.24, 2.45) is 0 Å². The van der Waals surface area contributed by atoms with Gasteiger partial charge >= 0.3 is 5.97 Å². The molecule has 3 nitrogen and oxygen atoms in total. The topological polar surface area (TPSA) is 31.2 Å². The monoisotopic (exact) mass is 253 g/mol. The molecule has 0 saturated carbocycles. The second-order valence-corrected chi connectivity index (χ2v) is 4.43. The van der Waals surface area contributed by atoms with Gasteiger partial charge in [-0.05, 0) is 18.6 Å². The van der Waals surface area contributed by atoms with Crippen molar-refractivity contribution in [2.45, 2.75) is 13.5 Å². The maximum absolute atomic E-state index is 12.0. The fourth-order valence-corrected chi connectivity index (χ4v) is 2.46. The van der Waals surface area contributed by atoms with Gasteiger partial charge < -0.3 is 9.30 Å². The third kappa shape index (κ3) is 1.97. The molecular formula is C16H15NO2. The molecule has 0 aliphatic carbocycles. The lowest BCUT2D eigenvalue weighted by molar-refractivity contribution is 0.0515. The van der Waals surface area contributed by atoms with Gasteiger partial charge in [-0.15, -0.1) is 0 Å². The first-order chi connectivity index (χ1) is 9.31. The van der Waals surface area contributed by atoms with E-state index in [0.717, 1.165) is 16.5 Å². The Hall–Kier alpha value is -2.29. The SMILES string of the molecule is CCOC(=O)c1cc2cccc3c2n1C/C=C\C=C/3. The summed E-state index contributed by atoms with van der Waals surface area (Å²) in [5, 5.41) is 1.07. The van der Waals surface area contributed by atoms with Crippen LogP contribution in [0.5, 0.6) is 0 Å². The van der Waals surface area contributed by atoms with Crippen molar-refractivity contribution in [3.8, 4) is 0 Å². The van der Waals surface area contributed by atoms with Gasteiger partial charge in [-0.3, -0.25) is 0 Å². The average Bonchev–Trinajstić information content (AvgIpc) is 2.75. The number of hydrogen-bond donors (Lipinski definition) is 0. The number of allylic oxidation sites excluding steroid dienone is 3. The minimum atomic E-state index is -0.261. The number of aromatic nitrogens is 1. The molecule has 1 aliphatic rings. The fraction of sp³-hybridized carbons (Fsp3) is 0.188. The Balaban J connectivity index is 2.26. The van der Waals surface area contributed by atoms with Crippen LogP contribution in [0.1, 0.15) is 23.0 Å². The summed E-state index contributed by atoms with van der Waals surface area (Å²) >= 11 is 0. The van der Waals surface area contributed by atoms with Crippen molar-refractivity contribution >= 4 is 22.9 Å². The number of carbonyl (C=O) groups is 1. The van der Waals surface area contributed by atoms with E-state index in [1.807, 2.05) is 47.9 Å². The third-order valence-electron chi connectivity index (χ3n) is 3.25. The Morgan fingerprint density at radius 3 is 3.11 bits per heavy atom. The van der Waals surface area contributed by atoms with Crippen molar-refractivity contribution in [1.82, 2.24) is 4.57 Å². The summed E-state index contributed by atoms with van der Waals surface area (Å²) in [7, 11) is 0. The van der Waals surface area contributed by atoms with Crippen molar-refractivity contribution in [3.63, 3.8) is 0 Å². The molecule has 2 aromatic rings. The number of rotatable bonds is 2. The van der Waals surface area contributed by atoms with Crippen molar-refractivity contribution in [3.05, 3.63) is 53.8 Å². The second-order valence-electron chi connectivity index (χ2n) is 4.43. The van der Waals surface area contributed by atoms with E-state index in [1.165, 1.54) is 0 Å². The summed E-state index contributed by atoms with van der Waals surface area (Å²) in [4.78, 5) is 12.0. The van der Waals surface area contributed by atoms with Gasteiger partial charge in [0, 0.05) is 11.9 Å². The number of carbonyl (C=O) groups excluding carboxylic acids is 1. The van der Waals surface area contributed by atoms with Crippen LogP contribution in [-0.4, -0.2) is 17.1 Å². The van der Waals surface area contributed by atoms with Gasteiger partial charge in [-0.1, -0.05) is 42.5 Å². The highest BCUT2D eigenvalue weighted by atomic mass is 16.5. The molecule has 0 bridgehead atoms. The fourth-order valence-electron chi connectivity index (χ4n) is 2.46. The van der Waals surface area contributed by atoms with E-state index in [9.17, 15) is 4.79 Å². The highest BCUT2D eigenvalue weighted by Crippen LogP contribution is 2.26. The molecule has 0 N–H and O–H groups in total. The van der Waals surface area contributed by atoms with Gasteiger partial charge in [0.15, 0.2) is 0 Å². The van der Waals surface area contributed by atoms with Crippen LogP contribution in [0.2, 0.25) is 0 Å². The van der Waals surface area contributed by atoms with E-state index in [2.05, 4.69) is 12.1 Å². The zero-order chi connectivity index (χ0) is 13.2. The zero-order valence-corrected chi connectivity index (χ0v) is 10.8. The molecule has 0 spiro atoms. The molecule has 1 aliphatic heterocycles. The average molecular weight is 253 g/mol. The minimum absolute atomic E-state index is 0.261. The van der Waals surface area contributed by atoms with Crippen LogP contribution < -0.4 is 0 Å². The Labute approximate surface area is 111 Å². The van der Waals surface area contributed by atoms with Crippen LogP contribution in [-0.2, 0) is 11.3 Å². The van der Waals surface area contributed by atoms with Gasteiger partial charge in [0.1, 0.15) is 5.69 Å². The molecule has 1 aromatic carbocycles. The van der Waals surface area contributed by atoms with E-state index < -0.39 is 0 Å². The molecule has 3 heteroatoms. The normalized spacial score (nSPS) is 16.7. The molecule has 19 heavy (non-hydrogen) atoms. The van der Waals surface area contributed by atoms with E-state index in [-0.39, 0.29) is 5.97 Å². The molecule has 96 valence electrons. The first-order valence-electron chi connectivity index (χ1n) is 6.44. The van der Waals surface area contributed by atoms with Crippen LogP contribution >= 0.6 is 0 Å². The molecule has 1 aromatic heterocycles. The number of nitrogens with zero attached hydrogens (tertiary/aromatic N) is 1. The Morgan fingerprint density at radius 2 is 2.26 bits per heavy atom. The van der Waals surface area contributed by atoms with Gasteiger partial charge in [-0.25, -0.2) is 4.79 Å². The summed E-state index contributed by atoms with van der Waals surface area (Å²) in [5.41, 5.74) is 2.83. The maximum atomic E-state index is 12.0. The third-order valence-corrected chi connectivity index (χ3v) is 3.25. The number of para-hydroxylation sites is 1. The number of benzene rings is 1. The van der Waals surface area contributed by atoms with Crippen molar-refractivity contribution in [2.75, 3.05) is 6.61 Å². The first-order valence-corrected chi connectivity index (χ1v) is 6.44. The lowest BCUT2D eigenvalue weighted by Gasteiger charge is -2.10. The molecule has 0 atom stereocenters. The molecule has 0 fully saturated rings. The smallest absolute Gasteiger partial charge is 0.354 e. The highest BCUT2D eigenvalue weighted by Gasteiger charge is 2.17. The summed E-state index contributed by atoms with van der Waals surface area (Å²) in [5.74, 6) is -0.261. The second kappa shape index (κ2) is 4.76. The van der Waals surface area contributed by atoms with Crippen LogP contribution in [0.3, 0.4) is 0 Å². The van der Waals surface area contributed by atoms with E-state index in [1.54, 1.807) is 0 Å². The summed E-state index contributed by atoms with van der Waals surface area (Å²) in [6, 6.07) is 8.00. The van der Waals surface area contributed by atoms with Crippen LogP contribution in [0.4, 0.5) is 0 Å². The van der Waals surface area contributed by atoms with Crippen LogP contribution in [0.25, 0.3) is 17.0 Å². The van der Waals surface area contributed by atoms with Gasteiger partial charge in [-0.2, -0.15) is 0 Å². The first kappa shape index (κ1) is 11.8. The highest BCUT2D eigenvalue weighted by molar-refractivity contribution is 5.98. The number of hydrogen-bond acceptors (Lipinski definition) is 2. The molecule has 0 amide bonds. The van der Waals surface area contributed by atoms with E-state index in [0.29, 0.717) is 18.8 Å². The van der Waals surface area contributed by atoms with Crippen LogP contribution in [0.15, 0.2) is 42.5 Å². The lowest BCUT2D eigenvalue weighted by atomic mass is 10.1. The van der Waals surface area contributed by atoms with Crippen molar-refractivity contribution in [1.29, 1.82) is 0 Å². The predicted octanol–water partition coefficient (Wildman–Crippen LogP) is 3.40. The number of esters is 1. The Kier molecular flexibility index (Phi) is 2.95. The van der Waals surface area contributed by atoms with Crippen LogP contribution in [0, 0.1) is 0 Å². The van der Waals surface area contributed by atoms with Gasteiger partial charge in [0.2, 0.25) is 0 Å². The Bertz CT molecular complexity index is 692.